The molecule has 0 aromatic carbocycles. The summed E-state index contributed by atoms with van der Waals surface area (Å²) in [6, 6.07) is 0. The number of carbonyl (C=O) groups is 1. The van der Waals surface area contributed by atoms with Gasteiger partial charge in [0.15, 0.2) is 0 Å². The van der Waals surface area contributed by atoms with Crippen LogP contribution in [0.25, 0.3) is 0 Å². The molecule has 0 spiro atoms. The van der Waals surface area contributed by atoms with E-state index in [1.807, 2.05) is 6.08 Å². The van der Waals surface area contributed by atoms with E-state index >= 15 is 0 Å². The van der Waals surface area contributed by atoms with Crippen molar-refractivity contribution < 1.29 is 9.90 Å². The highest BCUT2D eigenvalue weighted by atomic mass is 16.3. The van der Waals surface area contributed by atoms with Gasteiger partial charge in [0, 0.05) is 11.8 Å². The standard InChI is InChI=1S/C30H46O2/c1-19(2)17-21(31)18-20(3)22-11-15-30(8)24-9-10-25-27(4,5)26(32)13-14-28(25,6)23(24)12-16-29(22,30)7/h9,12,17,20-22,25,31H,10-11,13-16,18H2,1-8H3. The van der Waals surface area contributed by atoms with E-state index in [9.17, 15) is 9.90 Å². The zero-order valence-electron chi connectivity index (χ0n) is 21.8. The summed E-state index contributed by atoms with van der Waals surface area (Å²) in [5.41, 5.74) is 4.69. The lowest BCUT2D eigenvalue weighted by Gasteiger charge is -2.59. The third-order valence-corrected chi connectivity index (χ3v) is 10.9. The van der Waals surface area contributed by atoms with Crippen molar-refractivity contribution in [3.8, 4) is 0 Å². The van der Waals surface area contributed by atoms with Crippen molar-refractivity contribution in [2.75, 3.05) is 0 Å². The van der Waals surface area contributed by atoms with E-state index in [0.29, 0.717) is 23.5 Å². The minimum Gasteiger partial charge on any atom is -0.389 e. The van der Waals surface area contributed by atoms with Crippen LogP contribution < -0.4 is 0 Å². The predicted molar refractivity (Wildman–Crippen MR) is 133 cm³/mol. The fraction of sp³-hybridized carbons (Fsp3) is 0.767. The Morgan fingerprint density at radius 3 is 2.47 bits per heavy atom. The number of ketones is 1. The van der Waals surface area contributed by atoms with Crippen molar-refractivity contribution >= 4 is 5.78 Å². The summed E-state index contributed by atoms with van der Waals surface area (Å²) in [6.45, 7) is 18.4. The molecule has 0 heterocycles. The Labute approximate surface area is 196 Å². The molecule has 1 N–H and O–H groups in total. The zero-order chi connectivity index (χ0) is 23.7. The second-order valence-corrected chi connectivity index (χ2v) is 13.2. The van der Waals surface area contributed by atoms with E-state index in [4.69, 9.17) is 0 Å². The number of aliphatic hydroxyl groups excluding tert-OH is 1. The number of allylic oxidation sites excluding steroid dienone is 5. The summed E-state index contributed by atoms with van der Waals surface area (Å²) >= 11 is 0. The molecule has 0 radical (unpaired) electrons. The van der Waals surface area contributed by atoms with Crippen molar-refractivity contribution in [1.82, 2.24) is 0 Å². The van der Waals surface area contributed by atoms with Crippen LogP contribution in [0.2, 0.25) is 0 Å². The van der Waals surface area contributed by atoms with Crippen LogP contribution in [0.3, 0.4) is 0 Å². The smallest absolute Gasteiger partial charge is 0.138 e. The first-order valence-electron chi connectivity index (χ1n) is 13.1. The highest BCUT2D eigenvalue weighted by Crippen LogP contribution is 2.71. The molecule has 7 atom stereocenters. The van der Waals surface area contributed by atoms with Gasteiger partial charge in [-0.25, -0.2) is 0 Å². The fourth-order valence-electron chi connectivity index (χ4n) is 8.76. The van der Waals surface area contributed by atoms with Crippen LogP contribution >= 0.6 is 0 Å². The van der Waals surface area contributed by atoms with Gasteiger partial charge in [0.1, 0.15) is 5.78 Å². The van der Waals surface area contributed by atoms with E-state index < -0.39 is 0 Å². The molecule has 2 heteroatoms. The predicted octanol–water partition coefficient (Wildman–Crippen LogP) is 7.43. The largest absolute Gasteiger partial charge is 0.389 e. The van der Waals surface area contributed by atoms with Gasteiger partial charge in [-0.15, -0.1) is 0 Å². The van der Waals surface area contributed by atoms with Gasteiger partial charge in [0.2, 0.25) is 0 Å². The normalized spacial score (nSPS) is 42.1. The summed E-state index contributed by atoms with van der Waals surface area (Å²) in [5, 5.41) is 10.6. The molecule has 2 fully saturated rings. The van der Waals surface area contributed by atoms with Gasteiger partial charge < -0.3 is 5.11 Å². The number of aliphatic hydroxyl groups is 1. The molecule has 4 aliphatic carbocycles. The van der Waals surface area contributed by atoms with Gasteiger partial charge in [-0.05, 0) is 97.5 Å². The van der Waals surface area contributed by atoms with Crippen LogP contribution in [0.15, 0.2) is 34.9 Å². The molecule has 2 nitrogen and oxygen atoms in total. The summed E-state index contributed by atoms with van der Waals surface area (Å²) in [4.78, 5) is 12.8. The first kappa shape index (κ1) is 24.0. The van der Waals surface area contributed by atoms with E-state index in [0.717, 1.165) is 32.1 Å². The lowest BCUT2D eigenvalue weighted by molar-refractivity contribution is -0.138. The van der Waals surface area contributed by atoms with Crippen LogP contribution in [-0.2, 0) is 4.79 Å². The van der Waals surface area contributed by atoms with E-state index in [2.05, 4.69) is 67.5 Å². The van der Waals surface area contributed by atoms with Crippen molar-refractivity contribution in [3.05, 3.63) is 34.9 Å². The van der Waals surface area contributed by atoms with Gasteiger partial charge in [-0.3, -0.25) is 4.79 Å². The number of rotatable bonds is 4. The SMILES string of the molecule is CC(C)=CC(O)CC(C)C1CCC2(C)C3=CCC4C(C)(C)C(=O)CCC4(C)C3=CCC12C. The van der Waals surface area contributed by atoms with Crippen molar-refractivity contribution in [1.29, 1.82) is 0 Å². The molecule has 2 saturated carbocycles. The summed E-state index contributed by atoms with van der Waals surface area (Å²) in [5.74, 6) is 1.99. The molecular formula is C30H46O2. The number of Topliss-reactive ketones (excluding diaryl/α,β-unsaturated/α-hetero) is 1. The Morgan fingerprint density at radius 2 is 1.81 bits per heavy atom. The fourth-order valence-corrected chi connectivity index (χ4v) is 8.76. The third kappa shape index (κ3) is 3.26. The summed E-state index contributed by atoms with van der Waals surface area (Å²) in [6.07, 6.45) is 14.0. The molecule has 4 rings (SSSR count). The van der Waals surface area contributed by atoms with Crippen LogP contribution in [0.5, 0.6) is 0 Å². The van der Waals surface area contributed by atoms with Crippen LogP contribution in [0, 0.1) is 39.4 Å². The van der Waals surface area contributed by atoms with E-state index in [-0.39, 0.29) is 27.8 Å². The molecule has 0 amide bonds. The molecule has 0 aromatic heterocycles. The van der Waals surface area contributed by atoms with Gasteiger partial charge in [-0.2, -0.15) is 0 Å². The minimum absolute atomic E-state index is 0.120. The molecule has 0 aromatic rings. The van der Waals surface area contributed by atoms with Crippen molar-refractivity contribution in [2.24, 2.45) is 39.4 Å². The van der Waals surface area contributed by atoms with Gasteiger partial charge >= 0.3 is 0 Å². The molecule has 32 heavy (non-hydrogen) atoms. The lowest BCUT2D eigenvalue weighted by atomic mass is 9.44. The van der Waals surface area contributed by atoms with Crippen molar-refractivity contribution in [3.63, 3.8) is 0 Å². The number of fused-ring (bicyclic) bond motifs is 5. The number of carbonyl (C=O) groups excluding carboxylic acids is 1. The summed E-state index contributed by atoms with van der Waals surface area (Å²) in [7, 11) is 0. The maximum absolute atomic E-state index is 12.8. The maximum atomic E-state index is 12.8. The zero-order valence-corrected chi connectivity index (χ0v) is 21.8. The average molecular weight is 439 g/mol. The first-order valence-corrected chi connectivity index (χ1v) is 13.1. The Kier molecular flexibility index (Phi) is 5.76. The first-order chi connectivity index (χ1) is 14.8. The monoisotopic (exact) mass is 438 g/mol. The highest BCUT2D eigenvalue weighted by Gasteiger charge is 2.63. The van der Waals surface area contributed by atoms with E-state index in [1.54, 1.807) is 11.1 Å². The molecule has 0 bridgehead atoms. The van der Waals surface area contributed by atoms with Crippen LogP contribution in [0.1, 0.15) is 100 Å². The molecule has 0 aliphatic heterocycles. The second-order valence-electron chi connectivity index (χ2n) is 13.2. The highest BCUT2D eigenvalue weighted by molar-refractivity contribution is 5.86. The Bertz CT molecular complexity index is 885. The van der Waals surface area contributed by atoms with Gasteiger partial charge in [0.25, 0.3) is 0 Å². The van der Waals surface area contributed by atoms with Crippen LogP contribution in [0.4, 0.5) is 0 Å². The maximum Gasteiger partial charge on any atom is 0.138 e. The lowest BCUT2D eigenvalue weighted by Crippen LogP contribution is -2.53. The minimum atomic E-state index is -0.337. The average Bonchev–Trinajstić information content (AvgIpc) is 2.96. The number of hydrogen-bond donors (Lipinski definition) is 1. The molecule has 178 valence electrons. The Hall–Kier alpha value is -1.15. The van der Waals surface area contributed by atoms with Crippen LogP contribution in [-0.4, -0.2) is 17.0 Å². The topological polar surface area (TPSA) is 37.3 Å². The Morgan fingerprint density at radius 1 is 1.12 bits per heavy atom. The van der Waals surface area contributed by atoms with Gasteiger partial charge in [-0.1, -0.05) is 65.3 Å². The molecule has 0 saturated heterocycles. The molecule has 4 aliphatic rings. The van der Waals surface area contributed by atoms with Crippen molar-refractivity contribution in [2.45, 2.75) is 106 Å². The molecule has 7 unspecified atom stereocenters. The Balaban J connectivity index is 1.67. The van der Waals surface area contributed by atoms with E-state index in [1.165, 1.54) is 18.4 Å². The number of hydrogen-bond acceptors (Lipinski definition) is 2. The quantitative estimate of drug-likeness (QED) is 0.463. The summed E-state index contributed by atoms with van der Waals surface area (Å²) < 4.78 is 0. The molecular weight excluding hydrogens is 392 g/mol. The van der Waals surface area contributed by atoms with Gasteiger partial charge in [0.05, 0.1) is 6.10 Å². The second kappa shape index (κ2) is 7.69. The third-order valence-electron chi connectivity index (χ3n) is 10.9.